The van der Waals surface area contributed by atoms with Gasteiger partial charge < -0.3 is 4.90 Å². The molecule has 2 heterocycles. The fourth-order valence-corrected chi connectivity index (χ4v) is 5.16. The average Bonchev–Trinajstić information content (AvgIpc) is 2.58. The smallest absolute Gasteiger partial charge is 0.265 e. The second-order valence-electron chi connectivity index (χ2n) is 3.45. The molecule has 1 amide bonds. The molecule has 0 spiro atoms. The first-order valence-electron chi connectivity index (χ1n) is 4.77. The molecule has 1 aliphatic heterocycles. The number of nitrogens with zero attached hydrogens (tertiary/aromatic N) is 1. The molecule has 0 radical (unpaired) electrons. The molecule has 0 saturated heterocycles. The summed E-state index contributed by atoms with van der Waals surface area (Å²) in [7, 11) is -3.32. The number of fused-ring (bicyclic) bond motifs is 1. The van der Waals surface area contributed by atoms with Gasteiger partial charge in [-0.1, -0.05) is 0 Å². The van der Waals surface area contributed by atoms with Crippen LogP contribution in [0, 0.1) is 0 Å². The second-order valence-corrected chi connectivity index (χ2v) is 7.96. The maximum Gasteiger partial charge on any atom is 0.265 e. The molecule has 1 aromatic rings. The van der Waals surface area contributed by atoms with Gasteiger partial charge in [-0.15, -0.1) is 11.3 Å². The Labute approximate surface area is 106 Å². The number of hydrogen-bond donors (Lipinski definition) is 0. The van der Waals surface area contributed by atoms with E-state index in [1.807, 2.05) is 6.92 Å². The average molecular weight is 324 g/mol. The Morgan fingerprint density at radius 2 is 2.25 bits per heavy atom. The van der Waals surface area contributed by atoms with Gasteiger partial charge in [-0.05, 0) is 28.9 Å². The van der Waals surface area contributed by atoms with E-state index in [0.29, 0.717) is 15.2 Å². The lowest BCUT2D eigenvalue weighted by Gasteiger charge is -2.16. The summed E-state index contributed by atoms with van der Waals surface area (Å²) in [5.74, 6) is -0.183. The number of halogens is 1. The molecule has 1 aliphatic rings. The van der Waals surface area contributed by atoms with Crippen LogP contribution in [0.3, 0.4) is 0 Å². The molecule has 0 aliphatic carbocycles. The van der Waals surface area contributed by atoms with Crippen molar-refractivity contribution in [1.29, 1.82) is 0 Å². The number of sulfone groups is 1. The molecule has 7 heteroatoms. The van der Waals surface area contributed by atoms with Crippen LogP contribution >= 0.6 is 27.3 Å². The summed E-state index contributed by atoms with van der Waals surface area (Å²) in [6, 6.07) is 1.52. The van der Waals surface area contributed by atoms with Gasteiger partial charge >= 0.3 is 0 Å². The monoisotopic (exact) mass is 323 g/mol. The van der Waals surface area contributed by atoms with Gasteiger partial charge in [0.2, 0.25) is 0 Å². The summed E-state index contributed by atoms with van der Waals surface area (Å²) >= 11 is 4.40. The molecule has 88 valence electrons. The zero-order chi connectivity index (χ0) is 11.9. The lowest BCUT2D eigenvalue weighted by Crippen LogP contribution is -2.31. The molecule has 0 atom stereocenters. The van der Waals surface area contributed by atoms with E-state index in [-0.39, 0.29) is 23.1 Å². The number of thiophene rings is 1. The molecular formula is C9H10BrNO3S2. The van der Waals surface area contributed by atoms with Crippen LogP contribution in [-0.4, -0.2) is 38.1 Å². The molecule has 4 nitrogen and oxygen atoms in total. The van der Waals surface area contributed by atoms with Crippen LogP contribution in [-0.2, 0) is 9.84 Å². The third-order valence-electron chi connectivity index (χ3n) is 2.50. The highest BCUT2D eigenvalue weighted by Crippen LogP contribution is 2.33. The van der Waals surface area contributed by atoms with Gasteiger partial charge in [-0.2, -0.15) is 0 Å². The Kier molecular flexibility index (Phi) is 3.11. The van der Waals surface area contributed by atoms with Gasteiger partial charge in [0.1, 0.15) is 4.88 Å². The number of amides is 1. The Morgan fingerprint density at radius 3 is 2.88 bits per heavy atom. The molecule has 0 unspecified atom stereocenters. The Balaban J connectivity index is 2.62. The first-order chi connectivity index (χ1) is 7.45. The minimum Gasteiger partial charge on any atom is -0.337 e. The van der Waals surface area contributed by atoms with E-state index in [1.54, 1.807) is 4.90 Å². The number of hydrogen-bond acceptors (Lipinski definition) is 4. The molecule has 0 saturated carbocycles. The second kappa shape index (κ2) is 4.12. The van der Waals surface area contributed by atoms with Gasteiger partial charge in [-0.25, -0.2) is 8.42 Å². The van der Waals surface area contributed by atoms with Crippen LogP contribution in [0.1, 0.15) is 16.6 Å². The van der Waals surface area contributed by atoms with E-state index in [9.17, 15) is 13.2 Å². The van der Waals surface area contributed by atoms with E-state index >= 15 is 0 Å². The zero-order valence-corrected chi connectivity index (χ0v) is 11.8. The highest BCUT2D eigenvalue weighted by atomic mass is 79.9. The maximum atomic E-state index is 12.0. The SMILES string of the molecule is CCN1CCS(=O)(=O)c2cc(Br)sc2C1=O. The molecule has 1 aromatic heterocycles. The topological polar surface area (TPSA) is 54.5 Å². The Bertz CT molecular complexity index is 535. The van der Waals surface area contributed by atoms with Crippen LogP contribution in [0.4, 0.5) is 0 Å². The first-order valence-corrected chi connectivity index (χ1v) is 8.03. The fraction of sp³-hybridized carbons (Fsp3) is 0.444. The number of rotatable bonds is 1. The Morgan fingerprint density at radius 1 is 1.56 bits per heavy atom. The predicted octanol–water partition coefficient (Wildman–Crippen LogP) is 1.76. The van der Waals surface area contributed by atoms with Gasteiger partial charge in [0, 0.05) is 13.1 Å². The van der Waals surface area contributed by atoms with Crippen molar-refractivity contribution in [2.24, 2.45) is 0 Å². The molecule has 0 N–H and O–H groups in total. The van der Waals surface area contributed by atoms with Gasteiger partial charge in [-0.3, -0.25) is 4.79 Å². The highest BCUT2D eigenvalue weighted by Gasteiger charge is 2.32. The van der Waals surface area contributed by atoms with E-state index in [2.05, 4.69) is 15.9 Å². The van der Waals surface area contributed by atoms with Crippen molar-refractivity contribution in [1.82, 2.24) is 4.90 Å². The molecule has 0 aromatic carbocycles. The van der Waals surface area contributed by atoms with Crippen LogP contribution in [0.5, 0.6) is 0 Å². The highest BCUT2D eigenvalue weighted by molar-refractivity contribution is 9.11. The number of carbonyl (C=O) groups excluding carboxylic acids is 1. The standard InChI is InChI=1S/C9H10BrNO3S2/c1-2-11-3-4-16(13,14)6-5-7(10)15-8(6)9(11)12/h5H,2-4H2,1H3. The van der Waals surface area contributed by atoms with Gasteiger partial charge in [0.15, 0.2) is 9.84 Å². The Hall–Kier alpha value is -0.400. The summed E-state index contributed by atoms with van der Waals surface area (Å²) in [5, 5.41) is 0. The van der Waals surface area contributed by atoms with Crippen molar-refractivity contribution in [3.8, 4) is 0 Å². The van der Waals surface area contributed by atoms with Crippen molar-refractivity contribution in [2.75, 3.05) is 18.8 Å². The normalized spacial score (nSPS) is 19.4. The van der Waals surface area contributed by atoms with Crippen molar-refractivity contribution < 1.29 is 13.2 Å². The minimum atomic E-state index is -3.32. The lowest BCUT2D eigenvalue weighted by molar-refractivity contribution is 0.0778. The van der Waals surface area contributed by atoms with E-state index in [4.69, 9.17) is 0 Å². The van der Waals surface area contributed by atoms with Crippen molar-refractivity contribution in [2.45, 2.75) is 11.8 Å². The van der Waals surface area contributed by atoms with E-state index in [0.717, 1.165) is 0 Å². The zero-order valence-electron chi connectivity index (χ0n) is 8.57. The molecule has 16 heavy (non-hydrogen) atoms. The predicted molar refractivity (Wildman–Crippen MR) is 65.6 cm³/mol. The molecular weight excluding hydrogens is 314 g/mol. The van der Waals surface area contributed by atoms with Crippen molar-refractivity contribution in [3.63, 3.8) is 0 Å². The number of carbonyl (C=O) groups is 1. The van der Waals surface area contributed by atoms with E-state index < -0.39 is 9.84 Å². The van der Waals surface area contributed by atoms with Gasteiger partial charge in [0.25, 0.3) is 5.91 Å². The summed E-state index contributed by atoms with van der Waals surface area (Å²) in [4.78, 5) is 14.1. The van der Waals surface area contributed by atoms with Gasteiger partial charge in [0.05, 0.1) is 14.4 Å². The third-order valence-corrected chi connectivity index (χ3v) is 5.96. The first kappa shape index (κ1) is 12.1. The summed E-state index contributed by atoms with van der Waals surface area (Å²) in [6.45, 7) is 2.65. The van der Waals surface area contributed by atoms with E-state index in [1.165, 1.54) is 17.4 Å². The fourth-order valence-electron chi connectivity index (χ4n) is 1.61. The summed E-state index contributed by atoms with van der Waals surface area (Å²) in [5.41, 5.74) is 0. The van der Waals surface area contributed by atoms with Crippen LogP contribution in [0.2, 0.25) is 0 Å². The minimum absolute atomic E-state index is 0.00273. The van der Waals surface area contributed by atoms with Crippen LogP contribution in [0.15, 0.2) is 14.7 Å². The molecule has 0 fully saturated rings. The maximum absolute atomic E-state index is 12.0. The van der Waals surface area contributed by atoms with Crippen molar-refractivity contribution >= 4 is 43.0 Å². The summed E-state index contributed by atoms with van der Waals surface area (Å²) in [6.07, 6.45) is 0. The van der Waals surface area contributed by atoms with Crippen LogP contribution < -0.4 is 0 Å². The lowest BCUT2D eigenvalue weighted by atomic mass is 10.4. The largest absolute Gasteiger partial charge is 0.337 e. The quantitative estimate of drug-likeness (QED) is 0.791. The molecule has 0 bridgehead atoms. The summed E-state index contributed by atoms with van der Waals surface area (Å²) < 4.78 is 24.5. The third kappa shape index (κ3) is 1.91. The van der Waals surface area contributed by atoms with Crippen LogP contribution in [0.25, 0.3) is 0 Å². The van der Waals surface area contributed by atoms with Crippen molar-refractivity contribution in [3.05, 3.63) is 14.7 Å². The molecule has 2 rings (SSSR count).